The molecule has 0 aliphatic heterocycles. The van der Waals surface area contributed by atoms with Crippen molar-refractivity contribution < 1.29 is 0 Å². The van der Waals surface area contributed by atoms with Gasteiger partial charge in [-0.05, 0) is 30.6 Å². The Kier molecular flexibility index (Phi) is 3.19. The van der Waals surface area contributed by atoms with E-state index in [2.05, 4.69) is 54.5 Å². The Balaban J connectivity index is 2.74. The van der Waals surface area contributed by atoms with Crippen molar-refractivity contribution in [3.8, 4) is 0 Å². The van der Waals surface area contributed by atoms with Crippen LogP contribution in [0, 0.1) is 10.8 Å². The highest BCUT2D eigenvalue weighted by atomic mass is 14.3. The summed E-state index contributed by atoms with van der Waals surface area (Å²) in [5.74, 6) is 0. The van der Waals surface area contributed by atoms with Crippen LogP contribution in [0.4, 0.5) is 0 Å². The van der Waals surface area contributed by atoms with E-state index in [0.29, 0.717) is 10.8 Å². The lowest BCUT2D eigenvalue weighted by atomic mass is 9.82. The summed E-state index contributed by atoms with van der Waals surface area (Å²) in [4.78, 5) is 0. The van der Waals surface area contributed by atoms with Crippen LogP contribution in [0.15, 0.2) is 22.8 Å². The van der Waals surface area contributed by atoms with E-state index in [1.54, 1.807) is 11.1 Å². The van der Waals surface area contributed by atoms with Crippen molar-refractivity contribution in [2.75, 3.05) is 0 Å². The number of allylic oxidation sites excluding steroid dienone is 4. The highest BCUT2D eigenvalue weighted by Crippen LogP contribution is 2.41. The lowest BCUT2D eigenvalue weighted by molar-refractivity contribution is 0.402. The van der Waals surface area contributed by atoms with Gasteiger partial charge in [0.05, 0.1) is 0 Å². The van der Waals surface area contributed by atoms with Crippen molar-refractivity contribution >= 4 is 0 Å². The second kappa shape index (κ2) is 3.81. The average molecular weight is 206 g/mol. The lowest BCUT2D eigenvalue weighted by Gasteiger charge is -2.23. The molecule has 0 fully saturated rings. The first-order chi connectivity index (χ1) is 6.59. The maximum atomic E-state index is 2.40. The molecule has 0 saturated heterocycles. The van der Waals surface area contributed by atoms with Gasteiger partial charge in [0.1, 0.15) is 0 Å². The highest BCUT2D eigenvalue weighted by Gasteiger charge is 2.25. The van der Waals surface area contributed by atoms with Crippen LogP contribution in [-0.4, -0.2) is 0 Å². The zero-order valence-electron chi connectivity index (χ0n) is 11.5. The van der Waals surface area contributed by atoms with Gasteiger partial charge in [-0.1, -0.05) is 64.3 Å². The van der Waals surface area contributed by atoms with Gasteiger partial charge in [-0.3, -0.25) is 0 Å². The van der Waals surface area contributed by atoms with E-state index < -0.39 is 0 Å². The van der Waals surface area contributed by atoms with E-state index in [1.807, 2.05) is 0 Å². The Bertz CT molecular complexity index is 300. The molecule has 0 heterocycles. The molecule has 15 heavy (non-hydrogen) atoms. The molecule has 0 spiro atoms. The number of hydrogen-bond acceptors (Lipinski definition) is 0. The Labute approximate surface area is 95.5 Å². The quantitative estimate of drug-likeness (QED) is 0.559. The second-order valence-corrected chi connectivity index (χ2v) is 7.12. The van der Waals surface area contributed by atoms with Gasteiger partial charge in [0.15, 0.2) is 0 Å². The molecule has 1 aliphatic rings. The smallest absolute Gasteiger partial charge is 0.00940 e. The molecular formula is C15H26. The lowest BCUT2D eigenvalue weighted by Crippen LogP contribution is -2.10. The van der Waals surface area contributed by atoms with E-state index in [9.17, 15) is 0 Å². The minimum atomic E-state index is 0.334. The first-order valence-electron chi connectivity index (χ1n) is 5.99. The summed E-state index contributed by atoms with van der Waals surface area (Å²) < 4.78 is 0. The van der Waals surface area contributed by atoms with Crippen LogP contribution in [-0.2, 0) is 0 Å². The van der Waals surface area contributed by atoms with Gasteiger partial charge in [-0.25, -0.2) is 0 Å². The number of rotatable bonds is 1. The van der Waals surface area contributed by atoms with E-state index in [4.69, 9.17) is 0 Å². The van der Waals surface area contributed by atoms with E-state index in [0.717, 1.165) is 0 Å². The fourth-order valence-electron chi connectivity index (χ4n) is 2.11. The molecule has 0 N–H and O–H groups in total. The highest BCUT2D eigenvalue weighted by molar-refractivity contribution is 5.40. The van der Waals surface area contributed by atoms with Gasteiger partial charge in [0.2, 0.25) is 0 Å². The Morgan fingerprint density at radius 1 is 1.07 bits per heavy atom. The molecule has 1 aliphatic carbocycles. The van der Waals surface area contributed by atoms with Crippen LogP contribution in [0.25, 0.3) is 0 Å². The van der Waals surface area contributed by atoms with Gasteiger partial charge >= 0.3 is 0 Å². The normalized spacial score (nSPS) is 18.5. The standard InChI is InChI=1S/C15H26/c1-11-8-13(15(5,6)7)9-12(11)10-14(2,3)4/h8H,9-10H2,1-7H3. The summed E-state index contributed by atoms with van der Waals surface area (Å²) in [6, 6.07) is 0. The maximum absolute atomic E-state index is 2.40. The van der Waals surface area contributed by atoms with Crippen LogP contribution in [0.2, 0.25) is 0 Å². The molecule has 86 valence electrons. The summed E-state index contributed by atoms with van der Waals surface area (Å²) in [5, 5.41) is 0. The van der Waals surface area contributed by atoms with Gasteiger partial charge in [-0.15, -0.1) is 0 Å². The molecule has 0 atom stereocenters. The Morgan fingerprint density at radius 2 is 1.60 bits per heavy atom. The van der Waals surface area contributed by atoms with Crippen LogP contribution in [0.1, 0.15) is 61.3 Å². The molecule has 0 aromatic heterocycles. The van der Waals surface area contributed by atoms with Crippen molar-refractivity contribution in [2.45, 2.75) is 61.3 Å². The first kappa shape index (κ1) is 12.5. The SMILES string of the molecule is CC1=C(CC(C)(C)C)CC(C(C)(C)C)=C1. The van der Waals surface area contributed by atoms with Crippen LogP contribution < -0.4 is 0 Å². The van der Waals surface area contributed by atoms with E-state index >= 15 is 0 Å². The molecule has 0 heteroatoms. The number of hydrogen-bond donors (Lipinski definition) is 0. The summed E-state index contributed by atoms with van der Waals surface area (Å²) in [7, 11) is 0. The molecule has 0 bridgehead atoms. The summed E-state index contributed by atoms with van der Waals surface area (Å²) in [5.41, 5.74) is 5.50. The summed E-state index contributed by atoms with van der Waals surface area (Å²) >= 11 is 0. The Morgan fingerprint density at radius 3 is 1.93 bits per heavy atom. The van der Waals surface area contributed by atoms with Crippen LogP contribution >= 0.6 is 0 Å². The summed E-state index contributed by atoms with van der Waals surface area (Å²) in [6.45, 7) is 16.2. The van der Waals surface area contributed by atoms with Crippen molar-refractivity contribution in [3.05, 3.63) is 22.8 Å². The fourth-order valence-corrected chi connectivity index (χ4v) is 2.11. The van der Waals surface area contributed by atoms with Gasteiger partial charge in [0, 0.05) is 0 Å². The van der Waals surface area contributed by atoms with Gasteiger partial charge in [0.25, 0.3) is 0 Å². The molecule has 0 unspecified atom stereocenters. The molecule has 0 amide bonds. The predicted molar refractivity (Wildman–Crippen MR) is 68.9 cm³/mol. The second-order valence-electron chi connectivity index (χ2n) is 7.12. The summed E-state index contributed by atoms with van der Waals surface area (Å²) in [6.07, 6.45) is 4.84. The van der Waals surface area contributed by atoms with Gasteiger partial charge < -0.3 is 0 Å². The van der Waals surface area contributed by atoms with Crippen LogP contribution in [0.3, 0.4) is 0 Å². The average Bonchev–Trinajstić information content (AvgIpc) is 2.27. The maximum Gasteiger partial charge on any atom is -0.00940 e. The third kappa shape index (κ3) is 3.52. The Hall–Kier alpha value is -0.520. The molecule has 0 saturated carbocycles. The van der Waals surface area contributed by atoms with E-state index in [1.165, 1.54) is 18.4 Å². The van der Waals surface area contributed by atoms with Gasteiger partial charge in [-0.2, -0.15) is 0 Å². The topological polar surface area (TPSA) is 0 Å². The van der Waals surface area contributed by atoms with Crippen molar-refractivity contribution in [1.82, 2.24) is 0 Å². The monoisotopic (exact) mass is 206 g/mol. The minimum absolute atomic E-state index is 0.334. The molecule has 0 nitrogen and oxygen atoms in total. The van der Waals surface area contributed by atoms with Crippen LogP contribution in [0.5, 0.6) is 0 Å². The van der Waals surface area contributed by atoms with Crippen molar-refractivity contribution in [3.63, 3.8) is 0 Å². The third-order valence-electron chi connectivity index (χ3n) is 3.06. The molecule has 0 aromatic carbocycles. The third-order valence-corrected chi connectivity index (χ3v) is 3.06. The zero-order chi connectivity index (χ0) is 11.9. The zero-order valence-corrected chi connectivity index (χ0v) is 11.5. The van der Waals surface area contributed by atoms with Crippen molar-refractivity contribution in [1.29, 1.82) is 0 Å². The molecule has 1 rings (SSSR count). The van der Waals surface area contributed by atoms with Crippen molar-refractivity contribution in [2.24, 2.45) is 10.8 Å². The fraction of sp³-hybridized carbons (Fsp3) is 0.733. The molecule has 0 radical (unpaired) electrons. The minimum Gasteiger partial charge on any atom is -0.0627 e. The predicted octanol–water partition coefficient (Wildman–Crippen LogP) is 5.12. The molecular weight excluding hydrogens is 180 g/mol. The first-order valence-corrected chi connectivity index (χ1v) is 5.99. The largest absolute Gasteiger partial charge is 0.0627 e. The molecule has 0 aromatic rings. The van der Waals surface area contributed by atoms with E-state index in [-0.39, 0.29) is 0 Å².